The fourth-order valence-electron chi connectivity index (χ4n) is 3.79. The molecule has 0 radical (unpaired) electrons. The minimum absolute atomic E-state index is 0.132. The molecule has 0 amide bonds. The second-order valence-corrected chi connectivity index (χ2v) is 6.66. The van der Waals surface area contributed by atoms with Gasteiger partial charge < -0.3 is 9.63 Å². The van der Waals surface area contributed by atoms with Crippen molar-refractivity contribution < 1.29 is 9.63 Å². The van der Waals surface area contributed by atoms with E-state index in [-0.39, 0.29) is 12.1 Å². The molecule has 1 aromatic heterocycles. The zero-order valence-electron chi connectivity index (χ0n) is 11.9. The van der Waals surface area contributed by atoms with Crippen LogP contribution in [0, 0.1) is 0 Å². The topological polar surface area (TPSA) is 62.4 Å². The lowest BCUT2D eigenvalue weighted by molar-refractivity contribution is 0.110. The zero-order chi connectivity index (χ0) is 13.5. The van der Waals surface area contributed by atoms with Crippen LogP contribution in [0.2, 0.25) is 0 Å². The number of likely N-dealkylation sites (tertiary alicyclic amines) is 1. The maximum atomic E-state index is 10.1. The second-order valence-electron chi connectivity index (χ2n) is 6.66. The third-order valence-corrected chi connectivity index (χ3v) is 5.05. The summed E-state index contributed by atoms with van der Waals surface area (Å²) in [6.07, 6.45) is 9.32. The molecule has 20 heavy (non-hydrogen) atoms. The number of hydrogen-bond donors (Lipinski definition) is 1. The predicted molar refractivity (Wildman–Crippen MR) is 73.2 cm³/mol. The summed E-state index contributed by atoms with van der Waals surface area (Å²) in [5, 5.41) is 14.2. The van der Waals surface area contributed by atoms with E-state index in [4.69, 9.17) is 4.52 Å². The van der Waals surface area contributed by atoms with Gasteiger partial charge in [-0.25, -0.2) is 0 Å². The highest BCUT2D eigenvalue weighted by molar-refractivity contribution is 5.07. The van der Waals surface area contributed by atoms with Crippen LogP contribution >= 0.6 is 0 Å². The molecule has 1 N–H and O–H groups in total. The smallest absolute Gasteiger partial charge is 0.244 e. The van der Waals surface area contributed by atoms with Crippen molar-refractivity contribution in [2.75, 3.05) is 6.54 Å². The van der Waals surface area contributed by atoms with Crippen molar-refractivity contribution >= 4 is 0 Å². The predicted octanol–water partition coefficient (Wildman–Crippen LogP) is 2.39. The molecule has 5 nitrogen and oxygen atoms in total. The van der Waals surface area contributed by atoms with Crippen molar-refractivity contribution in [1.82, 2.24) is 15.0 Å². The van der Waals surface area contributed by atoms with Crippen LogP contribution in [0.5, 0.6) is 0 Å². The SMILES string of the molecule is OC1CC(c2nc(C3CC3)no2)N(C2CCCCC2)C1. The molecular weight excluding hydrogens is 254 g/mol. The van der Waals surface area contributed by atoms with Gasteiger partial charge in [0.1, 0.15) is 0 Å². The van der Waals surface area contributed by atoms with Gasteiger partial charge in [0.05, 0.1) is 12.1 Å². The van der Waals surface area contributed by atoms with Crippen LogP contribution in [-0.4, -0.2) is 38.8 Å². The van der Waals surface area contributed by atoms with Crippen molar-refractivity contribution in [2.45, 2.75) is 75.5 Å². The normalized spacial score (nSPS) is 32.9. The summed E-state index contributed by atoms with van der Waals surface area (Å²) in [6, 6.07) is 0.718. The number of aromatic nitrogens is 2. The van der Waals surface area contributed by atoms with Crippen LogP contribution in [0.25, 0.3) is 0 Å². The Kier molecular flexibility index (Phi) is 3.27. The molecule has 2 atom stereocenters. The van der Waals surface area contributed by atoms with Crippen molar-refractivity contribution in [2.24, 2.45) is 0 Å². The van der Waals surface area contributed by atoms with Crippen LogP contribution in [0.15, 0.2) is 4.52 Å². The molecule has 0 spiro atoms. The van der Waals surface area contributed by atoms with Gasteiger partial charge >= 0.3 is 0 Å². The number of aliphatic hydroxyl groups excluding tert-OH is 1. The molecular formula is C15H23N3O2. The highest BCUT2D eigenvalue weighted by Gasteiger charge is 2.40. The first-order valence-corrected chi connectivity index (χ1v) is 8.08. The molecule has 0 aromatic carbocycles. The van der Waals surface area contributed by atoms with Gasteiger partial charge in [0, 0.05) is 18.5 Å². The Morgan fingerprint density at radius 1 is 1.10 bits per heavy atom. The molecule has 1 aromatic rings. The highest BCUT2D eigenvalue weighted by atomic mass is 16.5. The highest BCUT2D eigenvalue weighted by Crippen LogP contribution is 2.41. The van der Waals surface area contributed by atoms with Gasteiger partial charge in [0.15, 0.2) is 5.82 Å². The number of rotatable bonds is 3. The number of nitrogens with zero attached hydrogens (tertiary/aromatic N) is 3. The van der Waals surface area contributed by atoms with Gasteiger partial charge in [-0.15, -0.1) is 0 Å². The first kappa shape index (κ1) is 12.8. The van der Waals surface area contributed by atoms with Crippen LogP contribution < -0.4 is 0 Å². The van der Waals surface area contributed by atoms with Crippen LogP contribution in [-0.2, 0) is 0 Å². The first-order valence-electron chi connectivity index (χ1n) is 8.08. The van der Waals surface area contributed by atoms with E-state index in [1.807, 2.05) is 0 Å². The summed E-state index contributed by atoms with van der Waals surface area (Å²) in [5.41, 5.74) is 0. The van der Waals surface area contributed by atoms with E-state index in [1.165, 1.54) is 44.9 Å². The molecule has 2 saturated carbocycles. The lowest BCUT2D eigenvalue weighted by Crippen LogP contribution is -2.37. The number of β-amino-alcohol motifs (C(OH)–C–C–N with tert-alkyl or cyclic N) is 1. The van der Waals surface area contributed by atoms with Crippen molar-refractivity contribution in [3.8, 4) is 0 Å². The summed E-state index contributed by atoms with van der Waals surface area (Å²) < 4.78 is 5.51. The van der Waals surface area contributed by atoms with Crippen LogP contribution in [0.3, 0.4) is 0 Å². The van der Waals surface area contributed by atoms with Crippen LogP contribution in [0.4, 0.5) is 0 Å². The van der Waals surface area contributed by atoms with Gasteiger partial charge in [0.25, 0.3) is 0 Å². The van der Waals surface area contributed by atoms with E-state index in [0.717, 1.165) is 24.7 Å². The Labute approximate surface area is 119 Å². The molecule has 3 aliphatic rings. The molecule has 1 aliphatic heterocycles. The van der Waals surface area contributed by atoms with Crippen molar-refractivity contribution in [1.29, 1.82) is 0 Å². The summed E-state index contributed by atoms with van der Waals surface area (Å²) in [5.74, 6) is 2.14. The molecule has 4 rings (SSSR count). The van der Waals surface area contributed by atoms with Crippen molar-refractivity contribution in [3.05, 3.63) is 11.7 Å². The average Bonchev–Trinajstić information content (AvgIpc) is 3.08. The standard InChI is InChI=1S/C15H23N3O2/c19-12-8-13(15-16-14(17-20-15)10-6-7-10)18(9-12)11-4-2-1-3-5-11/h10-13,19H,1-9H2. The van der Waals surface area contributed by atoms with Gasteiger partial charge in [-0.1, -0.05) is 24.4 Å². The fraction of sp³-hybridized carbons (Fsp3) is 0.867. The third-order valence-electron chi connectivity index (χ3n) is 5.05. The molecule has 2 unspecified atom stereocenters. The first-order chi connectivity index (χ1) is 9.81. The van der Waals surface area contributed by atoms with Gasteiger partial charge in [-0.05, 0) is 32.1 Å². The monoisotopic (exact) mass is 277 g/mol. The van der Waals surface area contributed by atoms with E-state index < -0.39 is 0 Å². The molecule has 0 bridgehead atoms. The van der Waals surface area contributed by atoms with E-state index in [1.54, 1.807) is 0 Å². The Morgan fingerprint density at radius 2 is 1.90 bits per heavy atom. The summed E-state index contributed by atoms with van der Waals surface area (Å²) in [7, 11) is 0. The minimum Gasteiger partial charge on any atom is -0.392 e. The Morgan fingerprint density at radius 3 is 2.65 bits per heavy atom. The second kappa shape index (κ2) is 5.11. The zero-order valence-corrected chi connectivity index (χ0v) is 11.9. The maximum Gasteiger partial charge on any atom is 0.244 e. The molecule has 2 heterocycles. The fourth-order valence-corrected chi connectivity index (χ4v) is 3.79. The van der Waals surface area contributed by atoms with E-state index >= 15 is 0 Å². The lowest BCUT2D eigenvalue weighted by Gasteiger charge is -2.33. The number of hydrogen-bond acceptors (Lipinski definition) is 5. The largest absolute Gasteiger partial charge is 0.392 e. The summed E-state index contributed by atoms with van der Waals surface area (Å²) >= 11 is 0. The van der Waals surface area contributed by atoms with E-state index in [9.17, 15) is 5.11 Å². The average molecular weight is 277 g/mol. The quantitative estimate of drug-likeness (QED) is 0.919. The molecule has 110 valence electrons. The molecule has 1 saturated heterocycles. The maximum absolute atomic E-state index is 10.1. The van der Waals surface area contributed by atoms with E-state index in [0.29, 0.717) is 12.0 Å². The van der Waals surface area contributed by atoms with Gasteiger partial charge in [-0.3, -0.25) is 4.90 Å². The van der Waals surface area contributed by atoms with E-state index in [2.05, 4.69) is 15.0 Å². The molecule has 2 aliphatic carbocycles. The molecule has 3 fully saturated rings. The van der Waals surface area contributed by atoms with Crippen molar-refractivity contribution in [3.63, 3.8) is 0 Å². The Bertz CT molecular complexity index is 465. The number of aliphatic hydroxyl groups is 1. The Hall–Kier alpha value is -0.940. The minimum atomic E-state index is -0.252. The summed E-state index contributed by atoms with van der Waals surface area (Å²) in [6.45, 7) is 0.760. The Balaban J connectivity index is 1.53. The molecule has 5 heteroatoms. The van der Waals surface area contributed by atoms with Gasteiger partial charge in [0.2, 0.25) is 5.89 Å². The third kappa shape index (κ3) is 2.37. The summed E-state index contributed by atoms with van der Waals surface area (Å²) in [4.78, 5) is 7.03. The lowest BCUT2D eigenvalue weighted by atomic mass is 9.94. The van der Waals surface area contributed by atoms with Crippen LogP contribution in [0.1, 0.15) is 75.0 Å². The van der Waals surface area contributed by atoms with Gasteiger partial charge in [-0.2, -0.15) is 4.98 Å².